The van der Waals surface area contributed by atoms with E-state index in [1.54, 1.807) is 23.7 Å². The first-order valence-electron chi connectivity index (χ1n) is 9.16. The molecule has 2 aromatic carbocycles. The number of carbonyl (C=O) groups is 2. The molecule has 0 fully saturated rings. The maximum absolute atomic E-state index is 13.3. The highest BCUT2D eigenvalue weighted by Crippen LogP contribution is 2.36. The minimum atomic E-state index is -0.453. The summed E-state index contributed by atoms with van der Waals surface area (Å²) in [5.74, 6) is -0.890. The molecule has 5 rings (SSSR count). The molecule has 4 aromatic rings. The van der Waals surface area contributed by atoms with Crippen molar-refractivity contribution in [1.29, 1.82) is 0 Å². The van der Waals surface area contributed by atoms with Crippen LogP contribution in [0.25, 0.3) is 16.7 Å². The van der Waals surface area contributed by atoms with Gasteiger partial charge in [0.25, 0.3) is 11.8 Å². The molecule has 0 N–H and O–H groups in total. The summed E-state index contributed by atoms with van der Waals surface area (Å²) < 4.78 is 1.71. The van der Waals surface area contributed by atoms with Crippen molar-refractivity contribution >= 4 is 51.7 Å². The molecule has 0 unspecified atom stereocenters. The smallest absolute Gasteiger partial charge is 0.267 e. The number of anilines is 1. The van der Waals surface area contributed by atoms with E-state index >= 15 is 0 Å². The average Bonchev–Trinajstić information content (AvgIpc) is 3.19. The second-order valence-corrected chi connectivity index (χ2v) is 7.89. The third-order valence-electron chi connectivity index (χ3n) is 5.23. The van der Waals surface area contributed by atoms with Crippen LogP contribution in [0, 0.1) is 13.8 Å². The minimum Gasteiger partial charge on any atom is -0.268 e. The maximum Gasteiger partial charge on any atom is 0.267 e. The number of benzene rings is 2. The van der Waals surface area contributed by atoms with E-state index in [4.69, 9.17) is 23.2 Å². The van der Waals surface area contributed by atoms with Crippen LogP contribution in [0.5, 0.6) is 0 Å². The molecule has 148 valence electrons. The SMILES string of the molecule is Cc1ccccc1-n1nc(C)c2c3c(cnc21)C(=O)N(c1ccc(Cl)c(Cl)c1)C3=O. The second-order valence-electron chi connectivity index (χ2n) is 7.07. The van der Waals surface area contributed by atoms with Gasteiger partial charge >= 0.3 is 0 Å². The number of aryl methyl sites for hydroxylation is 2. The molecule has 0 bridgehead atoms. The Morgan fingerprint density at radius 3 is 2.43 bits per heavy atom. The van der Waals surface area contributed by atoms with Crippen LogP contribution in [0.3, 0.4) is 0 Å². The van der Waals surface area contributed by atoms with Gasteiger partial charge in [-0.3, -0.25) is 9.59 Å². The Labute approximate surface area is 181 Å². The summed E-state index contributed by atoms with van der Waals surface area (Å²) in [5, 5.41) is 5.79. The first-order valence-corrected chi connectivity index (χ1v) is 9.92. The molecule has 0 aliphatic carbocycles. The number of aromatic nitrogens is 3. The van der Waals surface area contributed by atoms with Crippen LogP contribution in [0.1, 0.15) is 32.0 Å². The van der Waals surface area contributed by atoms with E-state index < -0.39 is 11.8 Å². The van der Waals surface area contributed by atoms with Gasteiger partial charge in [0.15, 0.2) is 5.65 Å². The van der Waals surface area contributed by atoms with Gasteiger partial charge in [-0.1, -0.05) is 41.4 Å². The molecule has 6 nitrogen and oxygen atoms in total. The Kier molecular flexibility index (Phi) is 4.17. The van der Waals surface area contributed by atoms with E-state index in [-0.39, 0.29) is 10.6 Å². The first-order chi connectivity index (χ1) is 14.4. The molecule has 30 heavy (non-hydrogen) atoms. The predicted molar refractivity (Wildman–Crippen MR) is 116 cm³/mol. The van der Waals surface area contributed by atoms with Crippen LogP contribution in [-0.4, -0.2) is 26.6 Å². The zero-order valence-electron chi connectivity index (χ0n) is 16.0. The number of nitrogens with zero attached hydrogens (tertiary/aromatic N) is 4. The third kappa shape index (κ3) is 2.57. The van der Waals surface area contributed by atoms with Gasteiger partial charge in [-0.15, -0.1) is 0 Å². The van der Waals surface area contributed by atoms with Gasteiger partial charge in [0, 0.05) is 6.20 Å². The molecule has 0 saturated heterocycles. The summed E-state index contributed by atoms with van der Waals surface area (Å²) in [6.07, 6.45) is 1.44. The van der Waals surface area contributed by atoms with Gasteiger partial charge in [0.2, 0.25) is 0 Å². The Balaban J connectivity index is 1.72. The summed E-state index contributed by atoms with van der Waals surface area (Å²) in [6, 6.07) is 12.4. The number of halogens is 2. The highest BCUT2D eigenvalue weighted by molar-refractivity contribution is 6.43. The minimum absolute atomic E-state index is 0.242. The van der Waals surface area contributed by atoms with Crippen molar-refractivity contribution in [2.45, 2.75) is 13.8 Å². The molecular formula is C22H14Cl2N4O2. The number of fused-ring (bicyclic) bond motifs is 3. The molecular weight excluding hydrogens is 423 g/mol. The normalized spacial score (nSPS) is 13.4. The van der Waals surface area contributed by atoms with E-state index in [2.05, 4.69) is 10.1 Å². The predicted octanol–water partition coefficient (Wildman–Crippen LogP) is 5.14. The van der Waals surface area contributed by atoms with Crippen molar-refractivity contribution < 1.29 is 9.59 Å². The van der Waals surface area contributed by atoms with E-state index in [1.165, 1.54) is 12.3 Å². The van der Waals surface area contributed by atoms with Crippen molar-refractivity contribution in [2.75, 3.05) is 4.90 Å². The summed E-state index contributed by atoms with van der Waals surface area (Å²) in [7, 11) is 0. The molecule has 0 radical (unpaired) electrons. The van der Waals surface area contributed by atoms with Crippen molar-refractivity contribution in [3.8, 4) is 5.69 Å². The number of amides is 2. The van der Waals surface area contributed by atoms with E-state index in [9.17, 15) is 9.59 Å². The number of hydrogen-bond donors (Lipinski definition) is 0. The van der Waals surface area contributed by atoms with Gasteiger partial charge in [-0.05, 0) is 43.7 Å². The number of para-hydroxylation sites is 1. The molecule has 0 spiro atoms. The summed E-state index contributed by atoms with van der Waals surface area (Å²) in [4.78, 5) is 32.0. The van der Waals surface area contributed by atoms with Gasteiger partial charge in [-0.2, -0.15) is 5.10 Å². The van der Waals surface area contributed by atoms with Gasteiger partial charge in [0.05, 0.1) is 43.6 Å². The highest BCUT2D eigenvalue weighted by Gasteiger charge is 2.40. The van der Waals surface area contributed by atoms with Crippen LogP contribution in [-0.2, 0) is 0 Å². The molecule has 2 aromatic heterocycles. The van der Waals surface area contributed by atoms with Crippen molar-refractivity contribution in [1.82, 2.24) is 14.8 Å². The Morgan fingerprint density at radius 1 is 0.933 bits per heavy atom. The Hall–Kier alpha value is -3.22. The monoisotopic (exact) mass is 436 g/mol. The van der Waals surface area contributed by atoms with Crippen molar-refractivity contribution in [3.05, 3.63) is 81.1 Å². The Morgan fingerprint density at radius 2 is 1.70 bits per heavy atom. The molecule has 8 heteroatoms. The summed E-state index contributed by atoms with van der Waals surface area (Å²) >= 11 is 12.1. The fourth-order valence-electron chi connectivity index (χ4n) is 3.79. The molecule has 1 aliphatic rings. The van der Waals surface area contributed by atoms with Gasteiger partial charge in [0.1, 0.15) is 0 Å². The van der Waals surface area contributed by atoms with Crippen LogP contribution in [0.4, 0.5) is 5.69 Å². The zero-order valence-corrected chi connectivity index (χ0v) is 17.5. The van der Waals surface area contributed by atoms with Crippen molar-refractivity contribution in [3.63, 3.8) is 0 Å². The lowest BCUT2D eigenvalue weighted by Crippen LogP contribution is -2.29. The summed E-state index contributed by atoms with van der Waals surface area (Å²) in [5.41, 5.74) is 3.92. The number of imide groups is 1. The average molecular weight is 437 g/mol. The zero-order chi connectivity index (χ0) is 21.2. The molecule has 3 heterocycles. The Bertz CT molecular complexity index is 1390. The molecule has 2 amide bonds. The lowest BCUT2D eigenvalue weighted by atomic mass is 10.1. The fraction of sp³-hybridized carbons (Fsp3) is 0.0909. The maximum atomic E-state index is 13.3. The van der Waals surface area contributed by atoms with E-state index in [1.807, 2.05) is 31.2 Å². The first kappa shape index (κ1) is 18.8. The number of hydrogen-bond acceptors (Lipinski definition) is 4. The molecule has 1 aliphatic heterocycles. The third-order valence-corrected chi connectivity index (χ3v) is 5.97. The fourth-order valence-corrected chi connectivity index (χ4v) is 4.08. The number of pyridine rings is 1. The standard InChI is InChI=1S/C22H14Cl2N4O2/c1-11-5-3-4-6-17(11)28-20-18(12(2)26-28)19-14(10-25-20)21(29)27(22(19)30)13-7-8-15(23)16(24)9-13/h3-10H,1-2H3. The van der Waals surface area contributed by atoms with Gasteiger partial charge < -0.3 is 0 Å². The van der Waals surface area contributed by atoms with E-state index in [0.29, 0.717) is 33.0 Å². The molecule has 0 saturated carbocycles. The lowest BCUT2D eigenvalue weighted by molar-refractivity contribution is 0.0926. The largest absolute Gasteiger partial charge is 0.268 e. The van der Waals surface area contributed by atoms with Crippen LogP contribution in [0.15, 0.2) is 48.7 Å². The highest BCUT2D eigenvalue weighted by atomic mass is 35.5. The number of rotatable bonds is 2. The quantitative estimate of drug-likeness (QED) is 0.407. The van der Waals surface area contributed by atoms with Crippen molar-refractivity contribution in [2.24, 2.45) is 0 Å². The lowest BCUT2D eigenvalue weighted by Gasteiger charge is -2.14. The topological polar surface area (TPSA) is 68.1 Å². The second kappa shape index (κ2) is 6.65. The van der Waals surface area contributed by atoms with Gasteiger partial charge in [-0.25, -0.2) is 14.6 Å². The van der Waals surface area contributed by atoms with Crippen LogP contribution < -0.4 is 4.90 Å². The van der Waals surface area contributed by atoms with Crippen LogP contribution in [0.2, 0.25) is 10.0 Å². The van der Waals surface area contributed by atoms with E-state index in [0.717, 1.165) is 16.2 Å². The number of carbonyl (C=O) groups excluding carboxylic acids is 2. The summed E-state index contributed by atoms with van der Waals surface area (Å²) in [6.45, 7) is 3.78. The molecule has 0 atom stereocenters. The van der Waals surface area contributed by atoms with Crippen LogP contribution >= 0.6 is 23.2 Å².